The molecule has 0 aliphatic rings. The summed E-state index contributed by atoms with van der Waals surface area (Å²) >= 11 is 0. The third-order valence-electron chi connectivity index (χ3n) is 5.17. The number of aryl methyl sites for hydroxylation is 1. The van der Waals surface area contributed by atoms with Crippen LogP contribution >= 0.6 is 0 Å². The number of esters is 1. The van der Waals surface area contributed by atoms with Gasteiger partial charge in [-0.1, -0.05) is 24.3 Å². The second-order valence-corrected chi connectivity index (χ2v) is 8.64. The lowest BCUT2D eigenvalue weighted by Crippen LogP contribution is -2.14. The number of hydrogen-bond donors (Lipinski definition) is 1. The van der Waals surface area contributed by atoms with Crippen molar-refractivity contribution in [2.75, 3.05) is 26.1 Å². The average Bonchev–Trinajstić information content (AvgIpc) is 3.13. The van der Waals surface area contributed by atoms with Crippen molar-refractivity contribution in [1.82, 2.24) is 0 Å². The van der Waals surface area contributed by atoms with Gasteiger partial charge in [-0.2, -0.15) is 0 Å². The van der Waals surface area contributed by atoms with Crippen molar-refractivity contribution >= 4 is 43.4 Å². The van der Waals surface area contributed by atoms with Gasteiger partial charge in [-0.3, -0.25) is 4.72 Å². The molecule has 0 spiro atoms. The molecule has 1 aromatic heterocycles. The molecule has 0 fully saturated rings. The number of rotatable bonds is 6. The van der Waals surface area contributed by atoms with E-state index in [2.05, 4.69) is 4.72 Å². The summed E-state index contributed by atoms with van der Waals surface area (Å²) in [7, 11) is 0.0308. The van der Waals surface area contributed by atoms with Crippen molar-refractivity contribution < 1.29 is 31.8 Å². The van der Waals surface area contributed by atoms with E-state index < -0.39 is 16.0 Å². The van der Waals surface area contributed by atoms with Crippen LogP contribution in [0.1, 0.15) is 16.1 Å². The Labute approximate surface area is 184 Å². The highest BCUT2D eigenvalue weighted by atomic mass is 32.2. The van der Waals surface area contributed by atoms with Crippen LogP contribution in [0.5, 0.6) is 11.5 Å². The van der Waals surface area contributed by atoms with Gasteiger partial charge < -0.3 is 18.6 Å². The van der Waals surface area contributed by atoms with E-state index in [1.54, 1.807) is 43.3 Å². The molecule has 1 heterocycles. The van der Waals surface area contributed by atoms with Crippen molar-refractivity contribution in [2.45, 2.75) is 11.8 Å². The first-order chi connectivity index (χ1) is 15.3. The van der Waals surface area contributed by atoms with E-state index >= 15 is 0 Å². The molecule has 0 radical (unpaired) electrons. The fourth-order valence-electron chi connectivity index (χ4n) is 3.67. The number of methoxy groups -OCH3 is 3. The lowest BCUT2D eigenvalue weighted by molar-refractivity contribution is 0.0600. The van der Waals surface area contributed by atoms with Crippen LogP contribution < -0.4 is 14.2 Å². The van der Waals surface area contributed by atoms with Crippen LogP contribution in [0.2, 0.25) is 0 Å². The molecule has 0 unspecified atom stereocenters. The highest BCUT2D eigenvalue weighted by molar-refractivity contribution is 7.92. The van der Waals surface area contributed by atoms with Gasteiger partial charge in [0.2, 0.25) is 0 Å². The van der Waals surface area contributed by atoms with E-state index in [-0.39, 0.29) is 21.9 Å². The third-order valence-corrected chi connectivity index (χ3v) is 6.55. The Morgan fingerprint density at radius 2 is 1.66 bits per heavy atom. The quantitative estimate of drug-likeness (QED) is 0.427. The number of nitrogens with one attached hydrogen (secondary N) is 1. The molecule has 0 atom stereocenters. The molecule has 0 bridgehead atoms. The van der Waals surface area contributed by atoms with Gasteiger partial charge in [0.15, 0.2) is 0 Å². The Kier molecular flexibility index (Phi) is 5.43. The fourth-order valence-corrected chi connectivity index (χ4v) is 4.93. The maximum atomic E-state index is 13.3. The van der Waals surface area contributed by atoms with Crippen LogP contribution in [-0.4, -0.2) is 35.7 Å². The molecule has 0 aliphatic heterocycles. The number of anilines is 1. The number of carbonyl (C=O) groups excluding carboxylic acids is 1. The molecule has 4 aromatic rings. The maximum absolute atomic E-state index is 13.3. The largest absolute Gasteiger partial charge is 0.497 e. The van der Waals surface area contributed by atoms with E-state index in [0.717, 1.165) is 0 Å². The van der Waals surface area contributed by atoms with Gasteiger partial charge in [0, 0.05) is 22.2 Å². The summed E-state index contributed by atoms with van der Waals surface area (Å²) in [6.07, 6.45) is 0. The number of carbonyl (C=O) groups is 1. The number of hydrogen-bond acceptors (Lipinski definition) is 7. The summed E-state index contributed by atoms with van der Waals surface area (Å²) in [4.78, 5) is 12.3. The summed E-state index contributed by atoms with van der Waals surface area (Å²) < 4.78 is 50.5. The molecule has 9 heteroatoms. The molecule has 0 amide bonds. The first-order valence-electron chi connectivity index (χ1n) is 9.58. The topological polar surface area (TPSA) is 104 Å². The summed E-state index contributed by atoms with van der Waals surface area (Å²) in [6.45, 7) is 1.66. The Morgan fingerprint density at radius 3 is 2.31 bits per heavy atom. The van der Waals surface area contributed by atoms with Crippen molar-refractivity contribution in [1.29, 1.82) is 0 Å². The normalized spacial score (nSPS) is 11.5. The van der Waals surface area contributed by atoms with Gasteiger partial charge in [0.05, 0.1) is 27.0 Å². The minimum Gasteiger partial charge on any atom is -0.497 e. The highest BCUT2D eigenvalue weighted by Crippen LogP contribution is 2.38. The number of ether oxygens (including phenoxy) is 3. The van der Waals surface area contributed by atoms with Gasteiger partial charge in [0.25, 0.3) is 10.0 Å². The second kappa shape index (κ2) is 8.08. The first-order valence-corrected chi connectivity index (χ1v) is 11.1. The zero-order valence-corrected chi connectivity index (χ0v) is 18.7. The molecule has 0 aliphatic carbocycles. The van der Waals surface area contributed by atoms with Gasteiger partial charge in [0.1, 0.15) is 33.3 Å². The maximum Gasteiger partial charge on any atom is 0.342 e. The van der Waals surface area contributed by atoms with Crippen molar-refractivity contribution in [3.63, 3.8) is 0 Å². The molecular formula is C23H21NO7S. The second-order valence-electron chi connectivity index (χ2n) is 6.99. The lowest BCUT2D eigenvalue weighted by Gasteiger charge is -2.14. The highest BCUT2D eigenvalue weighted by Gasteiger charge is 2.25. The van der Waals surface area contributed by atoms with E-state index in [9.17, 15) is 13.2 Å². The smallest absolute Gasteiger partial charge is 0.342 e. The summed E-state index contributed by atoms with van der Waals surface area (Å²) in [5, 5.41) is 1.71. The molecule has 1 N–H and O–H groups in total. The average molecular weight is 455 g/mol. The molecule has 8 nitrogen and oxygen atoms in total. The number of sulfonamides is 1. The predicted octanol–water partition coefficient (Wildman–Crippen LogP) is 4.50. The van der Waals surface area contributed by atoms with Crippen molar-refractivity contribution in [3.8, 4) is 11.5 Å². The zero-order valence-electron chi connectivity index (χ0n) is 17.9. The van der Waals surface area contributed by atoms with Crippen molar-refractivity contribution in [3.05, 3.63) is 59.9 Å². The molecule has 32 heavy (non-hydrogen) atoms. The van der Waals surface area contributed by atoms with Gasteiger partial charge in [-0.25, -0.2) is 13.2 Å². The summed E-state index contributed by atoms with van der Waals surface area (Å²) in [6, 6.07) is 13.2. The van der Waals surface area contributed by atoms with Gasteiger partial charge >= 0.3 is 5.97 Å². The van der Waals surface area contributed by atoms with Gasteiger partial charge in [-0.05, 0) is 25.1 Å². The SMILES string of the molecule is COC(=O)c1c(C)oc2c1cc(NS(=O)(=O)c1cc(OC)ccc1OC)c1ccccc12. The Balaban J connectivity index is 1.96. The number of fused-ring (bicyclic) bond motifs is 3. The van der Waals surface area contributed by atoms with E-state index in [1.807, 2.05) is 0 Å². The minimum atomic E-state index is -4.08. The Bertz CT molecular complexity index is 1450. The summed E-state index contributed by atoms with van der Waals surface area (Å²) in [5.74, 6) is 0.342. The summed E-state index contributed by atoms with van der Waals surface area (Å²) in [5.41, 5.74) is 0.997. The van der Waals surface area contributed by atoms with Crippen LogP contribution in [0, 0.1) is 6.92 Å². The molecule has 4 rings (SSSR count). The number of furan rings is 1. The van der Waals surface area contributed by atoms with E-state index in [1.165, 1.54) is 33.5 Å². The Hall–Kier alpha value is -3.72. The van der Waals surface area contributed by atoms with Gasteiger partial charge in [-0.15, -0.1) is 0 Å². The monoisotopic (exact) mass is 455 g/mol. The molecule has 0 saturated carbocycles. The third kappa shape index (κ3) is 3.50. The molecule has 166 valence electrons. The predicted molar refractivity (Wildman–Crippen MR) is 120 cm³/mol. The first kappa shape index (κ1) is 21.5. The zero-order chi connectivity index (χ0) is 23.0. The minimum absolute atomic E-state index is 0.0832. The van der Waals surface area contributed by atoms with Crippen LogP contribution in [0.25, 0.3) is 21.7 Å². The van der Waals surface area contributed by atoms with Crippen LogP contribution in [0.15, 0.2) is 57.8 Å². The van der Waals surface area contributed by atoms with Crippen molar-refractivity contribution in [2.24, 2.45) is 0 Å². The van der Waals surface area contributed by atoms with E-state index in [0.29, 0.717) is 33.3 Å². The van der Waals surface area contributed by atoms with Crippen LogP contribution in [0.3, 0.4) is 0 Å². The lowest BCUT2D eigenvalue weighted by atomic mass is 10.0. The number of benzene rings is 3. The fraction of sp³-hybridized carbons (Fsp3) is 0.174. The van der Waals surface area contributed by atoms with E-state index in [4.69, 9.17) is 18.6 Å². The van der Waals surface area contributed by atoms with Crippen LogP contribution in [0.4, 0.5) is 5.69 Å². The molecule has 0 saturated heterocycles. The molecule has 3 aromatic carbocycles. The standard InChI is InChI=1S/C23H21NO7S/c1-13-21(23(25)30-4)17-12-18(15-7-5-6-8-16(15)22(17)31-13)24-32(26,27)20-11-14(28-2)9-10-19(20)29-3/h5-12,24H,1-4H3. The van der Waals surface area contributed by atoms with Crippen LogP contribution in [-0.2, 0) is 14.8 Å². The Morgan fingerprint density at radius 1 is 0.938 bits per heavy atom. The molecular weight excluding hydrogens is 434 g/mol.